The Morgan fingerprint density at radius 3 is 2.35 bits per heavy atom. The Hall–Kier alpha value is -3.46. The molecule has 37 heavy (non-hydrogen) atoms. The molecule has 2 amide bonds. The highest BCUT2D eigenvalue weighted by molar-refractivity contribution is 7.15. The molecule has 3 aromatic rings. The molecule has 0 aliphatic carbocycles. The highest BCUT2D eigenvalue weighted by atomic mass is 32.1. The summed E-state index contributed by atoms with van der Waals surface area (Å²) in [6.45, 7) is 0.931. The van der Waals surface area contributed by atoms with Crippen LogP contribution in [0.1, 0.15) is 49.6 Å². The fraction of sp³-hybridized carbons (Fsp3) is 0.409. The fourth-order valence-electron chi connectivity index (χ4n) is 3.90. The van der Waals surface area contributed by atoms with Gasteiger partial charge in [-0.1, -0.05) is 11.3 Å². The maximum Gasteiger partial charge on any atom is 0.445 e. The molecule has 1 aliphatic rings. The van der Waals surface area contributed by atoms with Gasteiger partial charge in [0.2, 0.25) is 15.9 Å². The van der Waals surface area contributed by atoms with Gasteiger partial charge in [0, 0.05) is 24.4 Å². The molecule has 0 unspecified atom stereocenters. The normalized spacial score (nSPS) is 14.4. The largest absolute Gasteiger partial charge is 0.493 e. The molecule has 0 atom stereocenters. The van der Waals surface area contributed by atoms with Crippen LogP contribution in [0.2, 0.25) is 0 Å². The third-order valence-corrected chi connectivity index (χ3v) is 7.60. The number of carbonyl (C=O) groups is 2. The summed E-state index contributed by atoms with van der Waals surface area (Å²) >= 11 is 1.53. The maximum absolute atomic E-state index is 13.2. The van der Waals surface area contributed by atoms with Crippen molar-refractivity contribution in [3.05, 3.63) is 38.8 Å². The van der Waals surface area contributed by atoms with Crippen LogP contribution in [-0.4, -0.2) is 66.3 Å². The van der Waals surface area contributed by atoms with Crippen molar-refractivity contribution < 1.29 is 37.0 Å². The second-order valence-corrected chi connectivity index (χ2v) is 9.75. The first-order chi connectivity index (χ1) is 17.7. The average Bonchev–Trinajstić information content (AvgIpc) is 3.57. The van der Waals surface area contributed by atoms with Gasteiger partial charge >= 0.3 is 6.18 Å². The first kappa shape index (κ1) is 26.6. The van der Waals surface area contributed by atoms with Gasteiger partial charge < -0.3 is 19.1 Å². The third-order valence-electron chi connectivity index (χ3n) is 5.71. The van der Waals surface area contributed by atoms with Gasteiger partial charge in [-0.3, -0.25) is 14.9 Å². The number of thiazole rings is 1. The van der Waals surface area contributed by atoms with E-state index in [0.717, 1.165) is 0 Å². The molecular formula is C22H22F3N5O5S2. The van der Waals surface area contributed by atoms with Crippen molar-refractivity contribution >= 4 is 39.6 Å². The SMILES string of the molecule is COc1ccc(C(=O)N2CCC(c3nc(C(=O)Nc4nnc(C(F)(F)F)s4)cs3)CC2)c(OC)c1OC. The van der Waals surface area contributed by atoms with E-state index in [1.54, 1.807) is 22.4 Å². The van der Waals surface area contributed by atoms with Gasteiger partial charge in [-0.25, -0.2) is 4.98 Å². The van der Waals surface area contributed by atoms with E-state index in [1.165, 1.54) is 32.7 Å². The number of rotatable bonds is 7. The number of halogens is 3. The highest BCUT2D eigenvalue weighted by Crippen LogP contribution is 2.41. The van der Waals surface area contributed by atoms with E-state index < -0.39 is 17.1 Å². The van der Waals surface area contributed by atoms with Gasteiger partial charge in [0.25, 0.3) is 11.8 Å². The molecule has 10 nitrogen and oxygen atoms in total. The van der Waals surface area contributed by atoms with Gasteiger partial charge in [-0.05, 0) is 25.0 Å². The van der Waals surface area contributed by atoms with Crippen LogP contribution in [0.5, 0.6) is 17.2 Å². The lowest BCUT2D eigenvalue weighted by molar-refractivity contribution is -0.138. The minimum atomic E-state index is -4.63. The Labute approximate surface area is 217 Å². The van der Waals surface area contributed by atoms with Crippen molar-refractivity contribution in [3.63, 3.8) is 0 Å². The second-order valence-electron chi connectivity index (χ2n) is 7.88. The van der Waals surface area contributed by atoms with Crippen LogP contribution in [0, 0.1) is 0 Å². The number of anilines is 1. The Morgan fingerprint density at radius 1 is 1.05 bits per heavy atom. The zero-order valence-electron chi connectivity index (χ0n) is 19.9. The summed E-state index contributed by atoms with van der Waals surface area (Å²) in [5, 5.41) is 9.56. The molecule has 0 spiro atoms. The lowest BCUT2D eigenvalue weighted by atomic mass is 9.97. The molecule has 3 heterocycles. The van der Waals surface area contributed by atoms with E-state index in [4.69, 9.17) is 14.2 Å². The van der Waals surface area contributed by atoms with Crippen LogP contribution >= 0.6 is 22.7 Å². The second kappa shape index (κ2) is 10.9. The molecule has 2 aromatic heterocycles. The molecule has 1 saturated heterocycles. The summed E-state index contributed by atoms with van der Waals surface area (Å²) in [5.74, 6) is 0.238. The minimum Gasteiger partial charge on any atom is -0.493 e. The third kappa shape index (κ3) is 5.61. The number of carbonyl (C=O) groups excluding carboxylic acids is 2. The van der Waals surface area contributed by atoms with Gasteiger partial charge in [-0.2, -0.15) is 13.2 Å². The maximum atomic E-state index is 13.2. The topological polar surface area (TPSA) is 116 Å². The molecule has 1 aromatic carbocycles. The Kier molecular flexibility index (Phi) is 7.82. The number of hydrogen-bond acceptors (Lipinski definition) is 10. The van der Waals surface area contributed by atoms with E-state index in [0.29, 0.717) is 53.8 Å². The summed E-state index contributed by atoms with van der Waals surface area (Å²) < 4.78 is 54.2. The summed E-state index contributed by atoms with van der Waals surface area (Å²) in [6.07, 6.45) is -3.38. The van der Waals surface area contributed by atoms with Crippen LogP contribution in [0.15, 0.2) is 17.5 Å². The molecule has 1 fully saturated rings. The molecule has 1 N–H and O–H groups in total. The molecule has 4 rings (SSSR count). The van der Waals surface area contributed by atoms with E-state index in [1.807, 2.05) is 0 Å². The summed E-state index contributed by atoms with van der Waals surface area (Å²) in [4.78, 5) is 31.7. The number of methoxy groups -OCH3 is 3. The van der Waals surface area contributed by atoms with Crippen LogP contribution in [0.4, 0.5) is 18.3 Å². The van der Waals surface area contributed by atoms with E-state index in [9.17, 15) is 22.8 Å². The number of nitrogens with zero attached hydrogens (tertiary/aromatic N) is 4. The summed E-state index contributed by atoms with van der Waals surface area (Å²) in [7, 11) is 4.42. The summed E-state index contributed by atoms with van der Waals surface area (Å²) in [6, 6.07) is 3.28. The van der Waals surface area contributed by atoms with Crippen LogP contribution in [0.3, 0.4) is 0 Å². The first-order valence-corrected chi connectivity index (χ1v) is 12.6. The van der Waals surface area contributed by atoms with E-state index >= 15 is 0 Å². The number of hydrogen-bond donors (Lipinski definition) is 1. The zero-order chi connectivity index (χ0) is 26.7. The summed E-state index contributed by atoms with van der Waals surface area (Å²) in [5.41, 5.74) is 0.439. The van der Waals surface area contributed by atoms with E-state index in [-0.39, 0.29) is 34.0 Å². The number of benzene rings is 1. The van der Waals surface area contributed by atoms with Crippen molar-refractivity contribution in [2.45, 2.75) is 24.9 Å². The van der Waals surface area contributed by atoms with Crippen molar-refractivity contribution in [2.24, 2.45) is 0 Å². The molecule has 15 heteroatoms. The van der Waals surface area contributed by atoms with Crippen molar-refractivity contribution in [3.8, 4) is 17.2 Å². The van der Waals surface area contributed by atoms with Gasteiger partial charge in [0.05, 0.1) is 31.9 Å². The predicted octanol–water partition coefficient (Wildman–Crippen LogP) is 4.31. The van der Waals surface area contributed by atoms with Gasteiger partial charge in [-0.15, -0.1) is 21.5 Å². The van der Waals surface area contributed by atoms with Gasteiger partial charge in [0.15, 0.2) is 11.5 Å². The number of amides is 2. The smallest absolute Gasteiger partial charge is 0.445 e. The minimum absolute atomic E-state index is 0.0289. The monoisotopic (exact) mass is 557 g/mol. The number of alkyl halides is 3. The van der Waals surface area contributed by atoms with Crippen LogP contribution in [-0.2, 0) is 6.18 Å². The lowest BCUT2D eigenvalue weighted by Crippen LogP contribution is -2.38. The number of aromatic nitrogens is 3. The Bertz CT molecular complexity index is 1290. The number of piperidine rings is 1. The van der Waals surface area contributed by atoms with Crippen molar-refractivity contribution in [1.29, 1.82) is 0 Å². The van der Waals surface area contributed by atoms with Crippen molar-refractivity contribution in [2.75, 3.05) is 39.7 Å². The Balaban J connectivity index is 1.38. The molecule has 0 saturated carbocycles. The molecule has 0 bridgehead atoms. The van der Waals surface area contributed by atoms with Crippen LogP contribution < -0.4 is 19.5 Å². The van der Waals surface area contributed by atoms with Crippen LogP contribution in [0.25, 0.3) is 0 Å². The standard InChI is InChI=1S/C22H22F3N5O5S2/c1-33-14-5-4-12(15(34-2)16(14)35-3)19(32)30-8-6-11(7-9-30)18-26-13(10-36-18)17(31)27-21-29-28-20(37-21)22(23,24)25/h4-5,10-11H,6-9H2,1-3H3,(H,27,29,31). The number of nitrogens with one attached hydrogen (secondary N) is 1. The predicted molar refractivity (Wildman–Crippen MR) is 129 cm³/mol. The average molecular weight is 558 g/mol. The molecular weight excluding hydrogens is 535 g/mol. The number of likely N-dealkylation sites (tertiary alicyclic amines) is 1. The lowest BCUT2D eigenvalue weighted by Gasteiger charge is -2.31. The quantitative estimate of drug-likeness (QED) is 0.457. The Morgan fingerprint density at radius 2 is 1.76 bits per heavy atom. The number of ether oxygens (including phenoxy) is 3. The van der Waals surface area contributed by atoms with Crippen molar-refractivity contribution in [1.82, 2.24) is 20.1 Å². The first-order valence-electron chi connectivity index (χ1n) is 10.9. The zero-order valence-corrected chi connectivity index (χ0v) is 21.6. The molecule has 1 aliphatic heterocycles. The fourth-order valence-corrected chi connectivity index (χ4v) is 5.48. The van der Waals surface area contributed by atoms with Gasteiger partial charge in [0.1, 0.15) is 5.69 Å². The molecule has 198 valence electrons. The highest BCUT2D eigenvalue weighted by Gasteiger charge is 2.36. The molecule has 0 radical (unpaired) electrons. The van der Waals surface area contributed by atoms with E-state index in [2.05, 4.69) is 20.5 Å².